The number of hydrogen-bond donors (Lipinski definition) is 2. The van der Waals surface area contributed by atoms with Gasteiger partial charge in [-0.3, -0.25) is 0 Å². The van der Waals surface area contributed by atoms with Gasteiger partial charge in [0, 0.05) is 29.3 Å². The van der Waals surface area contributed by atoms with E-state index in [4.69, 9.17) is 5.73 Å². The van der Waals surface area contributed by atoms with Gasteiger partial charge >= 0.3 is 5.97 Å². The molecule has 3 N–H and O–H groups in total. The van der Waals surface area contributed by atoms with Crippen molar-refractivity contribution in [3.63, 3.8) is 0 Å². The monoisotopic (exact) mass is 330 g/mol. The number of carboxylic acid groups (broad SMARTS) is 1. The van der Waals surface area contributed by atoms with Crippen LogP contribution in [0.2, 0.25) is 0 Å². The maximum absolute atomic E-state index is 12.8. The SMILES string of the molecule is CC1CN(S(=O)(=O)c2cc(N)ccc2C(=O)O)CC(C)S1. The quantitative estimate of drug-likeness (QED) is 0.814. The van der Waals surface area contributed by atoms with Gasteiger partial charge in [-0.05, 0) is 18.2 Å². The molecule has 1 aliphatic heterocycles. The van der Waals surface area contributed by atoms with E-state index in [0.717, 1.165) is 0 Å². The number of benzene rings is 1. The van der Waals surface area contributed by atoms with E-state index in [1.807, 2.05) is 13.8 Å². The van der Waals surface area contributed by atoms with Gasteiger partial charge in [-0.25, -0.2) is 13.2 Å². The van der Waals surface area contributed by atoms with E-state index in [1.165, 1.54) is 22.5 Å². The minimum atomic E-state index is -3.87. The third kappa shape index (κ3) is 3.33. The molecule has 116 valence electrons. The molecular formula is C13H18N2O4S2. The van der Waals surface area contributed by atoms with Crippen molar-refractivity contribution < 1.29 is 18.3 Å². The number of nitrogens with two attached hydrogens (primary N) is 1. The third-order valence-electron chi connectivity index (χ3n) is 3.24. The Balaban J connectivity index is 2.49. The van der Waals surface area contributed by atoms with Crippen LogP contribution in [0, 0.1) is 0 Å². The average molecular weight is 330 g/mol. The fraction of sp³-hybridized carbons (Fsp3) is 0.462. The summed E-state index contributed by atoms with van der Waals surface area (Å²) < 4.78 is 26.9. The summed E-state index contributed by atoms with van der Waals surface area (Å²) in [4.78, 5) is 11.0. The first kappa shape index (κ1) is 16.1. The first-order valence-electron chi connectivity index (χ1n) is 6.50. The summed E-state index contributed by atoms with van der Waals surface area (Å²) in [5.74, 6) is -1.28. The van der Waals surface area contributed by atoms with E-state index in [-0.39, 0.29) is 26.6 Å². The molecular weight excluding hydrogens is 312 g/mol. The lowest BCUT2D eigenvalue weighted by atomic mass is 10.2. The number of rotatable bonds is 3. The number of anilines is 1. The number of sulfonamides is 1. The van der Waals surface area contributed by atoms with E-state index in [2.05, 4.69) is 0 Å². The van der Waals surface area contributed by atoms with Crippen molar-refractivity contribution in [2.75, 3.05) is 18.8 Å². The highest BCUT2D eigenvalue weighted by atomic mass is 32.2. The number of thioether (sulfide) groups is 1. The summed E-state index contributed by atoms with van der Waals surface area (Å²) in [6.45, 7) is 4.65. The van der Waals surface area contributed by atoms with Crippen molar-refractivity contribution in [2.24, 2.45) is 0 Å². The van der Waals surface area contributed by atoms with Gasteiger partial charge in [0.1, 0.15) is 0 Å². The van der Waals surface area contributed by atoms with E-state index in [1.54, 1.807) is 11.8 Å². The van der Waals surface area contributed by atoms with Crippen LogP contribution in [0.5, 0.6) is 0 Å². The van der Waals surface area contributed by atoms with Gasteiger partial charge in [-0.15, -0.1) is 0 Å². The van der Waals surface area contributed by atoms with Crippen LogP contribution in [0.25, 0.3) is 0 Å². The first-order valence-corrected chi connectivity index (χ1v) is 8.88. The summed E-state index contributed by atoms with van der Waals surface area (Å²) in [6.07, 6.45) is 0. The molecule has 0 saturated carbocycles. The average Bonchev–Trinajstić information content (AvgIpc) is 2.37. The molecule has 1 aromatic rings. The molecule has 1 aromatic carbocycles. The molecule has 1 fully saturated rings. The van der Waals surface area contributed by atoms with Gasteiger partial charge in [-0.2, -0.15) is 16.1 Å². The van der Waals surface area contributed by atoms with E-state index >= 15 is 0 Å². The number of aromatic carboxylic acids is 1. The lowest BCUT2D eigenvalue weighted by Gasteiger charge is -2.33. The highest BCUT2D eigenvalue weighted by Crippen LogP contribution is 2.30. The van der Waals surface area contributed by atoms with Crippen molar-refractivity contribution in [2.45, 2.75) is 29.2 Å². The molecule has 1 aliphatic rings. The zero-order valence-electron chi connectivity index (χ0n) is 11.8. The molecule has 0 spiro atoms. The van der Waals surface area contributed by atoms with Crippen LogP contribution in [-0.2, 0) is 10.0 Å². The number of carboxylic acids is 1. The summed E-state index contributed by atoms with van der Waals surface area (Å²) >= 11 is 1.72. The summed E-state index contributed by atoms with van der Waals surface area (Å²) in [5, 5.41) is 9.52. The van der Waals surface area contributed by atoms with Crippen LogP contribution in [0.15, 0.2) is 23.1 Å². The standard InChI is InChI=1S/C13H18N2O4S2/c1-8-6-15(7-9(2)20-8)21(18,19)12-5-10(14)3-4-11(12)13(16)17/h3-5,8-9H,6-7,14H2,1-2H3,(H,16,17). The molecule has 21 heavy (non-hydrogen) atoms. The maximum atomic E-state index is 12.8. The number of nitrogens with zero attached hydrogens (tertiary/aromatic N) is 1. The maximum Gasteiger partial charge on any atom is 0.337 e. The molecule has 2 unspecified atom stereocenters. The smallest absolute Gasteiger partial charge is 0.337 e. The Morgan fingerprint density at radius 2 is 1.90 bits per heavy atom. The fourth-order valence-electron chi connectivity index (χ4n) is 2.40. The Kier molecular flexibility index (Phi) is 4.50. The fourth-order valence-corrected chi connectivity index (χ4v) is 5.75. The molecule has 0 aromatic heterocycles. The molecule has 1 heterocycles. The predicted octanol–water partition coefficient (Wildman–Crippen LogP) is 1.48. The van der Waals surface area contributed by atoms with Gasteiger partial charge in [0.25, 0.3) is 0 Å². The normalized spacial score (nSPS) is 23.9. The highest BCUT2D eigenvalue weighted by Gasteiger charge is 2.34. The zero-order valence-corrected chi connectivity index (χ0v) is 13.4. The molecule has 2 atom stereocenters. The minimum Gasteiger partial charge on any atom is -0.478 e. The Hall–Kier alpha value is -1.25. The molecule has 1 saturated heterocycles. The molecule has 0 bridgehead atoms. The predicted molar refractivity (Wildman–Crippen MR) is 83.1 cm³/mol. The third-order valence-corrected chi connectivity index (χ3v) is 6.34. The van der Waals surface area contributed by atoms with Crippen molar-refractivity contribution in [1.29, 1.82) is 0 Å². The largest absolute Gasteiger partial charge is 0.478 e. The van der Waals surface area contributed by atoms with Crippen LogP contribution in [0.1, 0.15) is 24.2 Å². The van der Waals surface area contributed by atoms with Crippen molar-refractivity contribution in [3.05, 3.63) is 23.8 Å². The Labute approximate surface area is 128 Å². The molecule has 0 aliphatic carbocycles. The summed E-state index contributed by atoms with van der Waals surface area (Å²) in [5.41, 5.74) is 5.61. The van der Waals surface area contributed by atoms with Crippen molar-refractivity contribution >= 4 is 33.4 Å². The topological polar surface area (TPSA) is 101 Å². The number of nitrogen functional groups attached to an aromatic ring is 1. The van der Waals surface area contributed by atoms with E-state index < -0.39 is 16.0 Å². The molecule has 0 radical (unpaired) electrons. The van der Waals surface area contributed by atoms with Gasteiger partial charge in [0.05, 0.1) is 10.5 Å². The van der Waals surface area contributed by atoms with Gasteiger partial charge in [-0.1, -0.05) is 13.8 Å². The van der Waals surface area contributed by atoms with E-state index in [0.29, 0.717) is 13.1 Å². The van der Waals surface area contributed by atoms with Gasteiger partial charge in [0.15, 0.2) is 0 Å². The lowest BCUT2D eigenvalue weighted by Crippen LogP contribution is -2.44. The van der Waals surface area contributed by atoms with Gasteiger partial charge in [0.2, 0.25) is 10.0 Å². The molecule has 2 rings (SSSR count). The molecule has 6 nitrogen and oxygen atoms in total. The molecule has 0 amide bonds. The van der Waals surface area contributed by atoms with Gasteiger partial charge < -0.3 is 10.8 Å². The highest BCUT2D eigenvalue weighted by molar-refractivity contribution is 8.00. The lowest BCUT2D eigenvalue weighted by molar-refractivity contribution is 0.0692. The minimum absolute atomic E-state index is 0.165. The van der Waals surface area contributed by atoms with Crippen molar-refractivity contribution in [3.8, 4) is 0 Å². The van der Waals surface area contributed by atoms with E-state index in [9.17, 15) is 18.3 Å². The van der Waals surface area contributed by atoms with Crippen LogP contribution in [0.4, 0.5) is 5.69 Å². The van der Waals surface area contributed by atoms with Crippen LogP contribution < -0.4 is 5.73 Å². The first-order chi connectivity index (χ1) is 9.71. The van der Waals surface area contributed by atoms with Crippen LogP contribution in [-0.4, -0.2) is 47.4 Å². The Morgan fingerprint density at radius 1 is 1.33 bits per heavy atom. The summed E-state index contributed by atoms with van der Waals surface area (Å²) in [7, 11) is -3.87. The number of hydrogen-bond acceptors (Lipinski definition) is 5. The van der Waals surface area contributed by atoms with Crippen LogP contribution in [0.3, 0.4) is 0 Å². The van der Waals surface area contributed by atoms with Crippen molar-refractivity contribution in [1.82, 2.24) is 4.31 Å². The zero-order chi connectivity index (χ0) is 15.8. The molecule has 8 heteroatoms. The number of carbonyl (C=O) groups is 1. The van der Waals surface area contributed by atoms with Crippen LogP contribution >= 0.6 is 11.8 Å². The summed E-state index contributed by atoms with van der Waals surface area (Å²) in [6, 6.07) is 3.84. The second-order valence-corrected chi connectivity index (χ2v) is 8.93. The second-order valence-electron chi connectivity index (χ2n) is 5.14. The Bertz CT molecular complexity index is 650. The Morgan fingerprint density at radius 3 is 2.43 bits per heavy atom. The second kappa shape index (κ2) is 5.86.